The number of rotatable bonds is 5. The lowest BCUT2D eigenvalue weighted by Gasteiger charge is -2.14. The highest BCUT2D eigenvalue weighted by Crippen LogP contribution is 2.37. The van der Waals surface area contributed by atoms with Crippen LogP contribution in [0.2, 0.25) is 5.02 Å². The summed E-state index contributed by atoms with van der Waals surface area (Å²) in [5.74, 6) is 0.275. The van der Waals surface area contributed by atoms with Crippen molar-refractivity contribution in [2.24, 2.45) is 5.14 Å². The fourth-order valence-electron chi connectivity index (χ4n) is 3.21. The zero-order chi connectivity index (χ0) is 26.1. The molecule has 5 N–H and O–H groups in total. The van der Waals surface area contributed by atoms with Crippen LogP contribution in [-0.4, -0.2) is 23.5 Å². The van der Waals surface area contributed by atoms with Crippen molar-refractivity contribution >= 4 is 72.7 Å². The van der Waals surface area contributed by atoms with Gasteiger partial charge in [-0.15, -0.1) is 0 Å². The number of nitrogens with zero attached hydrogens (tertiary/aromatic N) is 2. The highest BCUT2D eigenvalue weighted by atomic mass is 35.5. The first-order chi connectivity index (χ1) is 16.9. The number of fused-ring (bicyclic) bond motifs is 1. The summed E-state index contributed by atoms with van der Waals surface area (Å²) in [5, 5.41) is 14.2. The molecule has 0 fully saturated rings. The minimum Gasteiger partial charge on any atom is -0.340 e. The van der Waals surface area contributed by atoms with Crippen LogP contribution in [0, 0.1) is 0 Å². The molecule has 1 heterocycles. The molecule has 0 aliphatic rings. The van der Waals surface area contributed by atoms with Gasteiger partial charge < -0.3 is 16.0 Å². The molecule has 0 radical (unpaired) electrons. The monoisotopic (exact) mass is 552 g/mol. The van der Waals surface area contributed by atoms with Gasteiger partial charge in [0.1, 0.15) is 12.1 Å². The Bertz CT molecular complexity index is 1560. The lowest BCUT2D eigenvalue weighted by atomic mass is 10.1. The van der Waals surface area contributed by atoms with E-state index in [2.05, 4.69) is 25.9 Å². The number of benzene rings is 3. The third-order valence-corrected chi connectivity index (χ3v) is 6.33. The van der Waals surface area contributed by atoms with E-state index < -0.39 is 26.8 Å². The maximum Gasteiger partial charge on any atom is 0.417 e. The predicted molar refractivity (Wildman–Crippen MR) is 137 cm³/mol. The number of aromatic nitrogens is 2. The molecule has 0 amide bonds. The number of hydrogen-bond acceptors (Lipinski definition) is 6. The van der Waals surface area contributed by atoms with Crippen molar-refractivity contribution in [1.29, 1.82) is 0 Å². The van der Waals surface area contributed by atoms with Crippen LogP contribution in [0.15, 0.2) is 71.9 Å². The summed E-state index contributed by atoms with van der Waals surface area (Å²) in [6.45, 7) is 0. The van der Waals surface area contributed by atoms with E-state index in [9.17, 15) is 21.6 Å². The molecule has 14 heteroatoms. The molecule has 0 saturated carbocycles. The van der Waals surface area contributed by atoms with E-state index in [0.717, 1.165) is 12.1 Å². The third-order valence-electron chi connectivity index (χ3n) is 4.87. The lowest BCUT2D eigenvalue weighted by molar-refractivity contribution is -0.137. The molecule has 4 aromatic rings. The minimum absolute atomic E-state index is 0.0375. The molecule has 0 unspecified atom stereocenters. The van der Waals surface area contributed by atoms with Crippen LogP contribution in [0.3, 0.4) is 0 Å². The fraction of sp³-hybridized carbons (Fsp3) is 0.0455. The Morgan fingerprint density at radius 2 is 1.56 bits per heavy atom. The molecule has 0 saturated heterocycles. The summed E-state index contributed by atoms with van der Waals surface area (Å²) in [4.78, 5) is 8.31. The number of anilines is 4. The summed E-state index contributed by atoms with van der Waals surface area (Å²) in [5.41, 5.74) is 0.787. The van der Waals surface area contributed by atoms with Gasteiger partial charge in [-0.25, -0.2) is 23.5 Å². The van der Waals surface area contributed by atoms with Crippen LogP contribution in [0.1, 0.15) is 5.56 Å². The average Bonchev–Trinajstić information content (AvgIpc) is 2.79. The molecule has 0 bridgehead atoms. The van der Waals surface area contributed by atoms with Crippen molar-refractivity contribution in [3.63, 3.8) is 0 Å². The van der Waals surface area contributed by atoms with Gasteiger partial charge in [0.15, 0.2) is 5.11 Å². The molecule has 0 aliphatic heterocycles. The van der Waals surface area contributed by atoms with Gasteiger partial charge >= 0.3 is 6.18 Å². The standard InChI is InChI=1S/C22H16ClF3N6O2S2/c23-18-7-3-14(10-17(18)22(24,25)26)30-20-16-9-13(4-8-19(16)28-11-29-20)32-21(35)31-12-1-5-15(6-2-12)36(27,33)34/h1-11H,(H2,27,33,34)(H,28,29,30)(H2,31,32,35). The highest BCUT2D eigenvalue weighted by Gasteiger charge is 2.33. The van der Waals surface area contributed by atoms with Crippen molar-refractivity contribution in [2.75, 3.05) is 16.0 Å². The average molecular weight is 553 g/mol. The SMILES string of the molecule is NS(=O)(=O)c1ccc(NC(=S)Nc2ccc3ncnc(Nc4ccc(Cl)c(C(F)(F)F)c4)c3c2)cc1. The lowest BCUT2D eigenvalue weighted by Crippen LogP contribution is -2.19. The van der Waals surface area contributed by atoms with Crippen LogP contribution in [-0.2, 0) is 16.2 Å². The minimum atomic E-state index is -4.61. The number of halogens is 4. The van der Waals surface area contributed by atoms with Crippen molar-refractivity contribution in [3.05, 3.63) is 77.6 Å². The summed E-state index contributed by atoms with van der Waals surface area (Å²) in [6, 6.07) is 14.2. The second kappa shape index (κ2) is 9.85. The largest absolute Gasteiger partial charge is 0.417 e. The highest BCUT2D eigenvalue weighted by molar-refractivity contribution is 7.89. The number of hydrogen-bond donors (Lipinski definition) is 4. The molecule has 0 aliphatic carbocycles. The topological polar surface area (TPSA) is 122 Å². The number of thiocarbonyl (C=S) groups is 1. The van der Waals surface area contributed by atoms with Crippen LogP contribution in [0.25, 0.3) is 10.9 Å². The van der Waals surface area contributed by atoms with Crippen molar-refractivity contribution in [2.45, 2.75) is 11.1 Å². The van der Waals surface area contributed by atoms with E-state index >= 15 is 0 Å². The van der Waals surface area contributed by atoms with Crippen molar-refractivity contribution in [3.8, 4) is 0 Å². The molecule has 186 valence electrons. The number of nitrogens with two attached hydrogens (primary N) is 1. The number of alkyl halides is 3. The molecule has 0 spiro atoms. The number of sulfonamides is 1. The molecule has 3 aromatic carbocycles. The van der Waals surface area contributed by atoms with Crippen LogP contribution < -0.4 is 21.1 Å². The number of primary sulfonamides is 1. The maximum atomic E-state index is 13.2. The second-order valence-electron chi connectivity index (χ2n) is 7.42. The van der Waals surface area contributed by atoms with E-state index in [0.29, 0.717) is 22.3 Å². The summed E-state index contributed by atoms with van der Waals surface area (Å²) in [7, 11) is -3.81. The number of nitrogens with one attached hydrogen (secondary N) is 3. The maximum absolute atomic E-state index is 13.2. The Labute approximate surface area is 213 Å². The normalized spacial score (nSPS) is 11.8. The molecule has 8 nitrogen and oxygen atoms in total. The van der Waals surface area contributed by atoms with Crippen LogP contribution in [0.4, 0.5) is 36.1 Å². The van der Waals surface area contributed by atoms with Gasteiger partial charge in [-0.2, -0.15) is 13.2 Å². The summed E-state index contributed by atoms with van der Waals surface area (Å²) in [6.07, 6.45) is -3.32. The van der Waals surface area contributed by atoms with Gasteiger partial charge in [-0.3, -0.25) is 0 Å². The third kappa shape index (κ3) is 5.99. The fourth-order valence-corrected chi connectivity index (χ4v) is 4.19. The van der Waals surface area contributed by atoms with Gasteiger partial charge in [0, 0.05) is 22.4 Å². The Balaban J connectivity index is 1.55. The van der Waals surface area contributed by atoms with Crippen LogP contribution >= 0.6 is 23.8 Å². The Hall–Kier alpha value is -3.52. The summed E-state index contributed by atoms with van der Waals surface area (Å²) >= 11 is 11.0. The smallest absolute Gasteiger partial charge is 0.340 e. The van der Waals surface area contributed by atoms with Gasteiger partial charge in [-0.1, -0.05) is 11.6 Å². The van der Waals surface area contributed by atoms with E-state index in [1.165, 1.54) is 36.7 Å². The molecule has 36 heavy (non-hydrogen) atoms. The summed E-state index contributed by atoms with van der Waals surface area (Å²) < 4.78 is 62.4. The Kier molecular flexibility index (Phi) is 7.00. The van der Waals surface area contributed by atoms with Crippen molar-refractivity contribution < 1.29 is 21.6 Å². The quantitative estimate of drug-likeness (QED) is 0.239. The molecular formula is C22H16ClF3N6O2S2. The van der Waals surface area contributed by atoms with Gasteiger partial charge in [0.05, 0.1) is 21.0 Å². The Morgan fingerprint density at radius 1 is 0.917 bits per heavy atom. The van der Waals surface area contributed by atoms with E-state index in [-0.39, 0.29) is 21.5 Å². The van der Waals surface area contributed by atoms with E-state index in [1.807, 2.05) is 0 Å². The zero-order valence-electron chi connectivity index (χ0n) is 18.0. The molecular weight excluding hydrogens is 537 g/mol. The first-order valence-electron chi connectivity index (χ1n) is 9.99. The zero-order valence-corrected chi connectivity index (χ0v) is 20.4. The first kappa shape index (κ1) is 25.6. The van der Waals surface area contributed by atoms with Crippen molar-refractivity contribution in [1.82, 2.24) is 9.97 Å². The molecule has 1 aromatic heterocycles. The molecule has 0 atom stereocenters. The Morgan fingerprint density at radius 3 is 2.22 bits per heavy atom. The first-order valence-corrected chi connectivity index (χ1v) is 12.3. The predicted octanol–water partition coefficient (Wildman–Crippen LogP) is 5.50. The van der Waals surface area contributed by atoms with Gasteiger partial charge in [0.25, 0.3) is 0 Å². The second-order valence-corrected chi connectivity index (χ2v) is 9.80. The van der Waals surface area contributed by atoms with E-state index in [4.69, 9.17) is 29.0 Å². The van der Waals surface area contributed by atoms with Gasteiger partial charge in [0.2, 0.25) is 10.0 Å². The van der Waals surface area contributed by atoms with Crippen LogP contribution in [0.5, 0.6) is 0 Å². The van der Waals surface area contributed by atoms with Gasteiger partial charge in [-0.05, 0) is 72.9 Å². The molecule has 4 rings (SSSR count). The van der Waals surface area contributed by atoms with E-state index in [1.54, 1.807) is 18.2 Å².